The summed E-state index contributed by atoms with van der Waals surface area (Å²) in [6.45, 7) is 0.0723. The van der Waals surface area contributed by atoms with E-state index in [1.807, 2.05) is 0 Å². The second-order valence-corrected chi connectivity index (χ2v) is 5.20. The third-order valence-electron chi connectivity index (χ3n) is 3.27. The number of carbonyl (C=O) groups is 1. The molecule has 7 nitrogen and oxygen atoms in total. The zero-order valence-corrected chi connectivity index (χ0v) is 13.3. The molecule has 0 fully saturated rings. The van der Waals surface area contributed by atoms with E-state index in [0.717, 1.165) is 12.3 Å². The first-order valence-corrected chi connectivity index (χ1v) is 7.17. The molecule has 9 heteroatoms. The van der Waals surface area contributed by atoms with Crippen molar-refractivity contribution in [3.63, 3.8) is 0 Å². The second kappa shape index (κ2) is 7.69. The molecule has 24 heavy (non-hydrogen) atoms. The molecule has 0 aliphatic heterocycles. The first kappa shape index (κ1) is 17.6. The van der Waals surface area contributed by atoms with Gasteiger partial charge in [-0.1, -0.05) is 23.7 Å². The Morgan fingerprint density at radius 1 is 1.46 bits per heavy atom. The fraction of sp³-hybridized carbons (Fsp3) is 0.200. The van der Waals surface area contributed by atoms with Gasteiger partial charge in [0.1, 0.15) is 17.8 Å². The number of carbonyl (C=O) groups excluding carboxylic acids is 1. The number of hydrogen-bond acceptors (Lipinski definition) is 6. The molecule has 0 saturated heterocycles. The molecule has 1 unspecified atom stereocenters. The maximum atomic E-state index is 13.0. The van der Waals surface area contributed by atoms with Crippen LogP contribution in [0.4, 0.5) is 15.9 Å². The molecule has 1 aromatic carbocycles. The van der Waals surface area contributed by atoms with Crippen molar-refractivity contribution in [2.75, 3.05) is 19.0 Å². The number of nitro groups is 1. The topological polar surface area (TPSA) is 94.4 Å². The van der Waals surface area contributed by atoms with E-state index in [4.69, 9.17) is 16.3 Å². The van der Waals surface area contributed by atoms with Crippen LogP contribution < -0.4 is 5.32 Å². The smallest absolute Gasteiger partial charge is 0.314 e. The quantitative estimate of drug-likeness (QED) is 0.487. The summed E-state index contributed by atoms with van der Waals surface area (Å²) >= 11 is 5.94. The van der Waals surface area contributed by atoms with E-state index in [0.29, 0.717) is 5.56 Å². The Bertz CT molecular complexity index is 755. The number of benzene rings is 1. The number of hydrogen-bond donors (Lipinski definition) is 1. The van der Waals surface area contributed by atoms with Crippen molar-refractivity contribution >= 4 is 29.1 Å². The fourth-order valence-corrected chi connectivity index (χ4v) is 2.26. The number of methoxy groups -OCH3 is 1. The molecule has 0 amide bonds. The molecule has 1 N–H and O–H groups in total. The molecule has 0 bridgehead atoms. The molecule has 1 heterocycles. The second-order valence-electron chi connectivity index (χ2n) is 4.79. The van der Waals surface area contributed by atoms with Gasteiger partial charge in [-0.05, 0) is 17.7 Å². The highest BCUT2D eigenvalue weighted by atomic mass is 35.5. The van der Waals surface area contributed by atoms with Gasteiger partial charge >= 0.3 is 5.97 Å². The summed E-state index contributed by atoms with van der Waals surface area (Å²) in [5.74, 6) is -1.47. The summed E-state index contributed by atoms with van der Waals surface area (Å²) in [5, 5.41) is 13.6. The summed E-state index contributed by atoms with van der Waals surface area (Å²) in [7, 11) is 1.25. The van der Waals surface area contributed by atoms with Crippen LogP contribution in [0.1, 0.15) is 11.5 Å². The van der Waals surface area contributed by atoms with Crippen molar-refractivity contribution in [1.29, 1.82) is 0 Å². The van der Waals surface area contributed by atoms with E-state index in [1.54, 1.807) is 0 Å². The van der Waals surface area contributed by atoms with E-state index in [9.17, 15) is 19.3 Å². The molecule has 0 aliphatic rings. The normalized spacial score (nSPS) is 11.6. The highest BCUT2D eigenvalue weighted by Gasteiger charge is 2.22. The van der Waals surface area contributed by atoms with E-state index in [2.05, 4.69) is 10.3 Å². The van der Waals surface area contributed by atoms with Gasteiger partial charge in [-0.15, -0.1) is 0 Å². The average molecular weight is 354 g/mol. The summed E-state index contributed by atoms with van der Waals surface area (Å²) < 4.78 is 17.8. The SMILES string of the molecule is COC(=O)C(CNc1ncc([N+](=O)[O-])cc1Cl)c1ccc(F)cc1. The van der Waals surface area contributed by atoms with Crippen molar-refractivity contribution < 1.29 is 18.8 Å². The molecule has 2 aromatic rings. The highest BCUT2D eigenvalue weighted by Crippen LogP contribution is 2.25. The number of aromatic nitrogens is 1. The van der Waals surface area contributed by atoms with Crippen molar-refractivity contribution in [1.82, 2.24) is 4.98 Å². The third kappa shape index (κ3) is 4.17. The highest BCUT2D eigenvalue weighted by molar-refractivity contribution is 6.33. The number of esters is 1. The van der Waals surface area contributed by atoms with Crippen molar-refractivity contribution in [3.05, 3.63) is 63.0 Å². The van der Waals surface area contributed by atoms with Crippen LogP contribution in [0.3, 0.4) is 0 Å². The summed E-state index contributed by atoms with van der Waals surface area (Å²) in [6, 6.07) is 6.58. The number of ether oxygens (including phenoxy) is 1. The van der Waals surface area contributed by atoms with Crippen LogP contribution in [0.25, 0.3) is 0 Å². The van der Waals surface area contributed by atoms with Crippen LogP contribution in [-0.2, 0) is 9.53 Å². The lowest BCUT2D eigenvalue weighted by atomic mass is 9.99. The fourth-order valence-electron chi connectivity index (χ4n) is 2.03. The molecular weight excluding hydrogens is 341 g/mol. The summed E-state index contributed by atoms with van der Waals surface area (Å²) in [5.41, 5.74) is 0.308. The van der Waals surface area contributed by atoms with E-state index >= 15 is 0 Å². The van der Waals surface area contributed by atoms with Crippen molar-refractivity contribution in [2.45, 2.75) is 5.92 Å². The van der Waals surface area contributed by atoms with Gasteiger partial charge in [-0.2, -0.15) is 0 Å². The average Bonchev–Trinajstić information content (AvgIpc) is 2.57. The summed E-state index contributed by atoms with van der Waals surface area (Å²) in [4.78, 5) is 25.9. The zero-order valence-electron chi connectivity index (χ0n) is 12.5. The number of nitrogens with zero attached hydrogens (tertiary/aromatic N) is 2. The largest absolute Gasteiger partial charge is 0.468 e. The Labute approximate surface area is 141 Å². The minimum atomic E-state index is -0.719. The first-order chi connectivity index (χ1) is 11.4. The lowest BCUT2D eigenvalue weighted by Gasteiger charge is -2.16. The number of anilines is 1. The predicted molar refractivity (Wildman–Crippen MR) is 85.5 cm³/mol. The Morgan fingerprint density at radius 3 is 2.67 bits per heavy atom. The molecule has 0 radical (unpaired) electrons. The monoisotopic (exact) mass is 353 g/mol. The van der Waals surface area contributed by atoms with E-state index in [-0.39, 0.29) is 23.1 Å². The molecule has 0 aliphatic carbocycles. The van der Waals surface area contributed by atoms with Gasteiger partial charge in [0.15, 0.2) is 0 Å². The summed E-state index contributed by atoms with van der Waals surface area (Å²) in [6.07, 6.45) is 1.05. The van der Waals surface area contributed by atoms with E-state index < -0.39 is 22.6 Å². The van der Waals surface area contributed by atoms with Gasteiger partial charge in [0, 0.05) is 12.6 Å². The maximum Gasteiger partial charge on any atom is 0.314 e. The van der Waals surface area contributed by atoms with Crippen LogP contribution in [0, 0.1) is 15.9 Å². The number of nitrogens with one attached hydrogen (secondary N) is 1. The molecule has 0 saturated carbocycles. The maximum absolute atomic E-state index is 13.0. The number of rotatable bonds is 6. The minimum absolute atomic E-state index is 0.0481. The lowest BCUT2D eigenvalue weighted by molar-refractivity contribution is -0.385. The van der Waals surface area contributed by atoms with Gasteiger partial charge in [0.25, 0.3) is 5.69 Å². The lowest BCUT2D eigenvalue weighted by Crippen LogP contribution is -2.23. The van der Waals surface area contributed by atoms with Gasteiger partial charge in [-0.25, -0.2) is 9.37 Å². The molecule has 1 aromatic heterocycles. The van der Waals surface area contributed by atoms with Crippen LogP contribution in [0.5, 0.6) is 0 Å². The van der Waals surface area contributed by atoms with Crippen molar-refractivity contribution in [2.24, 2.45) is 0 Å². The number of pyridine rings is 1. The molecule has 2 rings (SSSR count). The Hall–Kier alpha value is -2.74. The third-order valence-corrected chi connectivity index (χ3v) is 3.56. The van der Waals surface area contributed by atoms with Crippen molar-refractivity contribution in [3.8, 4) is 0 Å². The molecular formula is C15H13ClFN3O4. The van der Waals surface area contributed by atoms with Crippen LogP contribution in [0.15, 0.2) is 36.5 Å². The predicted octanol–water partition coefficient (Wildman–Crippen LogP) is 3.15. The first-order valence-electron chi connectivity index (χ1n) is 6.79. The molecule has 1 atom stereocenters. The van der Waals surface area contributed by atoms with Gasteiger partial charge in [-0.3, -0.25) is 14.9 Å². The van der Waals surface area contributed by atoms with E-state index in [1.165, 1.54) is 31.4 Å². The number of halogens is 2. The van der Waals surface area contributed by atoms with Crippen LogP contribution in [0.2, 0.25) is 5.02 Å². The zero-order chi connectivity index (χ0) is 17.7. The van der Waals surface area contributed by atoms with Gasteiger partial charge < -0.3 is 10.1 Å². The van der Waals surface area contributed by atoms with Gasteiger partial charge in [0.2, 0.25) is 0 Å². The Balaban J connectivity index is 2.17. The van der Waals surface area contributed by atoms with Crippen LogP contribution in [-0.4, -0.2) is 29.5 Å². The Morgan fingerprint density at radius 2 is 2.12 bits per heavy atom. The minimum Gasteiger partial charge on any atom is -0.468 e. The standard InChI is InChI=1S/C15H13ClFN3O4/c1-24-15(21)12(9-2-4-10(17)5-3-9)8-19-14-13(16)6-11(7-18-14)20(22)23/h2-7,12H,8H2,1H3,(H,18,19). The Kier molecular flexibility index (Phi) is 5.64. The molecule has 0 spiro atoms. The molecule has 126 valence electrons. The van der Waals surface area contributed by atoms with Gasteiger partial charge in [0.05, 0.1) is 23.0 Å². The van der Waals surface area contributed by atoms with Crippen LogP contribution >= 0.6 is 11.6 Å².